The van der Waals surface area contributed by atoms with Crippen LogP contribution >= 0.6 is 0 Å². The predicted molar refractivity (Wildman–Crippen MR) is 74.7 cm³/mol. The number of anilines is 1. The van der Waals surface area contributed by atoms with Crippen molar-refractivity contribution in [1.29, 1.82) is 0 Å². The number of nitrogens with one attached hydrogen (secondary N) is 1. The number of hydrogen-bond acceptors (Lipinski definition) is 2. The number of halogens is 1. The molecule has 0 aromatic heterocycles. The SMILES string of the molecule is CCOC1CC(Nc2ccccc2F)C12CCCC2. The van der Waals surface area contributed by atoms with Crippen LogP contribution in [0.2, 0.25) is 0 Å². The van der Waals surface area contributed by atoms with Gasteiger partial charge in [0, 0.05) is 18.1 Å². The highest BCUT2D eigenvalue weighted by Gasteiger charge is 2.56. The third-order valence-electron chi connectivity index (χ3n) is 4.89. The first-order valence-electron chi connectivity index (χ1n) is 7.39. The molecule has 0 amide bonds. The lowest BCUT2D eigenvalue weighted by Crippen LogP contribution is -2.60. The molecule has 2 unspecified atom stereocenters. The van der Waals surface area contributed by atoms with Crippen LogP contribution in [0.15, 0.2) is 24.3 Å². The first-order valence-corrected chi connectivity index (χ1v) is 7.39. The van der Waals surface area contributed by atoms with E-state index in [2.05, 4.69) is 12.2 Å². The maximum atomic E-state index is 13.7. The zero-order valence-corrected chi connectivity index (χ0v) is 11.5. The van der Waals surface area contributed by atoms with Gasteiger partial charge in [-0.3, -0.25) is 0 Å². The molecule has 2 nitrogen and oxygen atoms in total. The number of hydrogen-bond donors (Lipinski definition) is 1. The molecule has 104 valence electrons. The Balaban J connectivity index is 1.74. The van der Waals surface area contributed by atoms with Gasteiger partial charge >= 0.3 is 0 Å². The number of para-hydroxylation sites is 1. The molecule has 0 radical (unpaired) electrons. The minimum Gasteiger partial charge on any atom is -0.379 e. The highest BCUT2D eigenvalue weighted by molar-refractivity contribution is 5.46. The largest absolute Gasteiger partial charge is 0.379 e. The molecule has 2 fully saturated rings. The summed E-state index contributed by atoms with van der Waals surface area (Å²) in [7, 11) is 0. The van der Waals surface area contributed by atoms with E-state index >= 15 is 0 Å². The summed E-state index contributed by atoms with van der Waals surface area (Å²) in [6.45, 7) is 2.83. The van der Waals surface area contributed by atoms with Crippen LogP contribution in [0, 0.1) is 11.2 Å². The number of benzene rings is 1. The summed E-state index contributed by atoms with van der Waals surface area (Å²) in [5.41, 5.74) is 0.881. The van der Waals surface area contributed by atoms with Crippen molar-refractivity contribution < 1.29 is 9.13 Å². The fraction of sp³-hybridized carbons (Fsp3) is 0.625. The van der Waals surface area contributed by atoms with Crippen molar-refractivity contribution in [2.24, 2.45) is 5.41 Å². The Morgan fingerprint density at radius 3 is 2.74 bits per heavy atom. The van der Waals surface area contributed by atoms with Gasteiger partial charge in [-0.05, 0) is 38.3 Å². The Hall–Kier alpha value is -1.09. The van der Waals surface area contributed by atoms with Gasteiger partial charge in [0.2, 0.25) is 0 Å². The van der Waals surface area contributed by atoms with E-state index in [1.807, 2.05) is 12.1 Å². The zero-order valence-electron chi connectivity index (χ0n) is 11.5. The highest BCUT2D eigenvalue weighted by Crippen LogP contribution is 2.55. The number of ether oxygens (including phenoxy) is 1. The molecule has 0 aliphatic heterocycles. The summed E-state index contributed by atoms with van der Waals surface area (Å²) < 4.78 is 19.6. The minimum atomic E-state index is -0.157. The van der Waals surface area contributed by atoms with Gasteiger partial charge < -0.3 is 10.1 Å². The van der Waals surface area contributed by atoms with E-state index < -0.39 is 0 Å². The van der Waals surface area contributed by atoms with E-state index in [0.717, 1.165) is 13.0 Å². The molecule has 2 aliphatic carbocycles. The van der Waals surface area contributed by atoms with Crippen LogP contribution in [0.3, 0.4) is 0 Å². The molecule has 0 saturated heterocycles. The second-order valence-electron chi connectivity index (χ2n) is 5.80. The molecule has 1 aromatic rings. The molecule has 1 N–H and O–H groups in total. The molecule has 1 spiro atoms. The zero-order chi connectivity index (χ0) is 13.3. The second kappa shape index (κ2) is 5.12. The lowest BCUT2D eigenvalue weighted by Gasteiger charge is -2.54. The Morgan fingerprint density at radius 2 is 2.05 bits per heavy atom. The number of rotatable bonds is 4. The van der Waals surface area contributed by atoms with E-state index in [0.29, 0.717) is 17.8 Å². The van der Waals surface area contributed by atoms with Crippen LogP contribution in [0.4, 0.5) is 10.1 Å². The third-order valence-corrected chi connectivity index (χ3v) is 4.89. The van der Waals surface area contributed by atoms with Crippen molar-refractivity contribution in [2.75, 3.05) is 11.9 Å². The predicted octanol–water partition coefficient (Wildman–Crippen LogP) is 3.98. The summed E-state index contributed by atoms with van der Waals surface area (Å²) >= 11 is 0. The van der Waals surface area contributed by atoms with Gasteiger partial charge in [-0.15, -0.1) is 0 Å². The third kappa shape index (κ3) is 2.14. The monoisotopic (exact) mass is 263 g/mol. The van der Waals surface area contributed by atoms with Crippen molar-refractivity contribution in [3.8, 4) is 0 Å². The minimum absolute atomic E-state index is 0.157. The average molecular weight is 263 g/mol. The van der Waals surface area contributed by atoms with E-state index in [9.17, 15) is 4.39 Å². The van der Waals surface area contributed by atoms with Crippen molar-refractivity contribution in [3.63, 3.8) is 0 Å². The van der Waals surface area contributed by atoms with E-state index in [4.69, 9.17) is 4.74 Å². The second-order valence-corrected chi connectivity index (χ2v) is 5.80. The van der Waals surface area contributed by atoms with Crippen molar-refractivity contribution in [1.82, 2.24) is 0 Å². The molecule has 0 bridgehead atoms. The van der Waals surface area contributed by atoms with Crippen molar-refractivity contribution in [2.45, 2.75) is 51.2 Å². The van der Waals surface area contributed by atoms with Gasteiger partial charge in [0.1, 0.15) is 5.82 Å². The van der Waals surface area contributed by atoms with Gasteiger partial charge in [0.25, 0.3) is 0 Å². The Labute approximate surface area is 114 Å². The van der Waals surface area contributed by atoms with Gasteiger partial charge in [0.15, 0.2) is 0 Å². The van der Waals surface area contributed by atoms with E-state index in [1.165, 1.54) is 31.7 Å². The van der Waals surface area contributed by atoms with Gasteiger partial charge in [-0.2, -0.15) is 0 Å². The summed E-state index contributed by atoms with van der Waals surface area (Å²) in [6, 6.07) is 7.32. The van der Waals surface area contributed by atoms with Crippen LogP contribution in [-0.2, 0) is 4.74 Å². The molecule has 2 atom stereocenters. The molecule has 2 saturated carbocycles. The molecule has 3 rings (SSSR count). The van der Waals surface area contributed by atoms with Gasteiger partial charge in [-0.25, -0.2) is 4.39 Å². The molecule has 0 heterocycles. The summed E-state index contributed by atoms with van der Waals surface area (Å²) in [5, 5.41) is 3.41. The molecule has 3 heteroatoms. The van der Waals surface area contributed by atoms with Gasteiger partial charge in [0.05, 0.1) is 11.8 Å². The van der Waals surface area contributed by atoms with Crippen LogP contribution in [0.25, 0.3) is 0 Å². The standard InChI is InChI=1S/C16H22FNO/c1-2-19-15-11-14(16(15)9-5-6-10-16)18-13-8-4-3-7-12(13)17/h3-4,7-8,14-15,18H,2,5-6,9-11H2,1H3. The Bertz CT molecular complexity index is 442. The summed E-state index contributed by atoms with van der Waals surface area (Å²) in [6.07, 6.45) is 6.35. The smallest absolute Gasteiger partial charge is 0.146 e. The lowest BCUT2D eigenvalue weighted by atomic mass is 9.60. The summed E-state index contributed by atoms with van der Waals surface area (Å²) in [5.74, 6) is -0.157. The molecule has 1 aromatic carbocycles. The van der Waals surface area contributed by atoms with Gasteiger partial charge in [-0.1, -0.05) is 25.0 Å². The quantitative estimate of drug-likeness (QED) is 0.887. The Kier molecular flexibility index (Phi) is 3.48. The molecular formula is C16H22FNO. The van der Waals surface area contributed by atoms with E-state index in [1.54, 1.807) is 6.07 Å². The average Bonchev–Trinajstić information content (AvgIpc) is 2.92. The topological polar surface area (TPSA) is 21.3 Å². The first kappa shape index (κ1) is 12.9. The van der Waals surface area contributed by atoms with Crippen molar-refractivity contribution >= 4 is 5.69 Å². The fourth-order valence-electron chi connectivity index (χ4n) is 3.85. The van der Waals surface area contributed by atoms with Crippen LogP contribution < -0.4 is 5.32 Å². The summed E-state index contributed by atoms with van der Waals surface area (Å²) in [4.78, 5) is 0. The van der Waals surface area contributed by atoms with Crippen molar-refractivity contribution in [3.05, 3.63) is 30.1 Å². The van der Waals surface area contributed by atoms with Crippen LogP contribution in [-0.4, -0.2) is 18.8 Å². The Morgan fingerprint density at radius 1 is 1.32 bits per heavy atom. The highest BCUT2D eigenvalue weighted by atomic mass is 19.1. The maximum absolute atomic E-state index is 13.7. The van der Waals surface area contributed by atoms with E-state index in [-0.39, 0.29) is 11.2 Å². The normalized spacial score (nSPS) is 28.3. The fourth-order valence-corrected chi connectivity index (χ4v) is 3.85. The maximum Gasteiger partial charge on any atom is 0.146 e. The molecule has 19 heavy (non-hydrogen) atoms. The lowest BCUT2D eigenvalue weighted by molar-refractivity contribution is -0.114. The molecule has 2 aliphatic rings. The van der Waals surface area contributed by atoms with Crippen LogP contribution in [0.1, 0.15) is 39.0 Å². The molecular weight excluding hydrogens is 241 g/mol. The first-order chi connectivity index (χ1) is 9.26. The van der Waals surface area contributed by atoms with Crippen LogP contribution in [0.5, 0.6) is 0 Å².